The van der Waals surface area contributed by atoms with Crippen LogP contribution in [0.25, 0.3) is 10.9 Å². The van der Waals surface area contributed by atoms with Crippen molar-refractivity contribution in [3.63, 3.8) is 0 Å². The van der Waals surface area contributed by atoms with E-state index < -0.39 is 0 Å². The Morgan fingerprint density at radius 2 is 2.12 bits per heavy atom. The highest BCUT2D eigenvalue weighted by Gasteiger charge is 2.22. The van der Waals surface area contributed by atoms with E-state index in [4.69, 9.17) is 4.74 Å². The number of aromatic nitrogens is 4. The van der Waals surface area contributed by atoms with Crippen molar-refractivity contribution in [3.05, 3.63) is 35.8 Å². The minimum Gasteiger partial charge on any atom is -0.494 e. The number of hydrogen-bond acceptors (Lipinski definition) is 6. The molecule has 1 fully saturated rings. The van der Waals surface area contributed by atoms with Gasteiger partial charge in [-0.3, -0.25) is 0 Å². The second-order valence-corrected chi connectivity index (χ2v) is 6.76. The normalized spacial score (nSPS) is 14.8. The van der Waals surface area contributed by atoms with Crippen molar-refractivity contribution in [3.8, 4) is 11.8 Å². The molecule has 0 unspecified atom stereocenters. The molecular formula is C19H23N5O2. The summed E-state index contributed by atoms with van der Waals surface area (Å²) < 4.78 is 7.42. The third-order valence-electron chi connectivity index (χ3n) is 4.98. The summed E-state index contributed by atoms with van der Waals surface area (Å²) in [5.41, 5.74) is 2.50. The molecule has 0 saturated heterocycles. The minimum absolute atomic E-state index is 0.287. The number of nitrogens with one attached hydrogen (secondary N) is 1. The average molecular weight is 353 g/mol. The van der Waals surface area contributed by atoms with E-state index in [1.807, 2.05) is 29.8 Å². The van der Waals surface area contributed by atoms with Gasteiger partial charge < -0.3 is 19.7 Å². The first-order valence-electron chi connectivity index (χ1n) is 8.96. The molecule has 7 nitrogen and oxygen atoms in total. The molecule has 7 heteroatoms. The lowest BCUT2D eigenvalue weighted by atomic mass is 10.2. The Kier molecular flexibility index (Phi) is 4.36. The Morgan fingerprint density at radius 1 is 1.31 bits per heavy atom. The molecule has 4 rings (SSSR count). The average Bonchev–Trinajstić information content (AvgIpc) is 3.27. The van der Waals surface area contributed by atoms with Crippen molar-refractivity contribution in [2.45, 2.75) is 45.2 Å². The number of fused-ring (bicyclic) bond motifs is 1. The predicted octanol–water partition coefficient (Wildman–Crippen LogP) is 3.58. The largest absolute Gasteiger partial charge is 0.494 e. The molecule has 3 heterocycles. The number of nitrogens with zero attached hydrogens (tertiary/aromatic N) is 4. The Labute approximate surface area is 152 Å². The van der Waals surface area contributed by atoms with Crippen LogP contribution in [-0.4, -0.2) is 31.7 Å². The first-order chi connectivity index (χ1) is 12.7. The van der Waals surface area contributed by atoms with Gasteiger partial charge in [0.05, 0.1) is 18.0 Å². The topological polar surface area (TPSA) is 85.1 Å². The highest BCUT2D eigenvalue weighted by atomic mass is 16.5. The van der Waals surface area contributed by atoms with Crippen molar-refractivity contribution in [1.82, 2.24) is 19.5 Å². The Hall–Kier alpha value is -2.83. The molecule has 2 N–H and O–H groups in total. The fourth-order valence-corrected chi connectivity index (χ4v) is 3.63. The summed E-state index contributed by atoms with van der Waals surface area (Å²) in [5.74, 6) is 1.39. The van der Waals surface area contributed by atoms with Crippen LogP contribution in [0.4, 0.5) is 5.95 Å². The second-order valence-electron chi connectivity index (χ2n) is 6.76. The quantitative estimate of drug-likeness (QED) is 0.729. The van der Waals surface area contributed by atoms with Gasteiger partial charge in [-0.25, -0.2) is 15.0 Å². The summed E-state index contributed by atoms with van der Waals surface area (Å²) >= 11 is 0. The van der Waals surface area contributed by atoms with Gasteiger partial charge in [0.1, 0.15) is 0 Å². The van der Waals surface area contributed by atoms with E-state index in [1.165, 1.54) is 12.8 Å². The number of rotatable bonds is 5. The predicted molar refractivity (Wildman–Crippen MR) is 99.6 cm³/mol. The fourth-order valence-electron chi connectivity index (χ4n) is 3.63. The molecule has 0 bridgehead atoms. The third-order valence-corrected chi connectivity index (χ3v) is 4.98. The lowest BCUT2D eigenvalue weighted by molar-refractivity contribution is 0.387. The SMILES string of the molecule is COc1nc2cn(C3CCCC3)c(O)c2cc1CNc1nccc(C)n1. The molecule has 0 radical (unpaired) electrons. The molecule has 1 aliphatic carbocycles. The molecule has 3 aromatic rings. The summed E-state index contributed by atoms with van der Waals surface area (Å²) in [6.45, 7) is 2.38. The maximum atomic E-state index is 10.7. The van der Waals surface area contributed by atoms with Crippen LogP contribution in [-0.2, 0) is 6.54 Å². The number of hydrogen-bond donors (Lipinski definition) is 2. The molecule has 0 atom stereocenters. The highest BCUT2D eigenvalue weighted by Crippen LogP contribution is 2.38. The molecule has 1 saturated carbocycles. The monoisotopic (exact) mass is 353 g/mol. The number of aromatic hydroxyl groups is 1. The molecule has 26 heavy (non-hydrogen) atoms. The van der Waals surface area contributed by atoms with Gasteiger partial charge in [0.15, 0.2) is 0 Å². The van der Waals surface area contributed by atoms with E-state index in [0.29, 0.717) is 24.4 Å². The first kappa shape index (κ1) is 16.6. The minimum atomic E-state index is 0.287. The lowest BCUT2D eigenvalue weighted by Crippen LogP contribution is -2.06. The molecule has 0 spiro atoms. The maximum Gasteiger partial charge on any atom is 0.223 e. The number of aryl methyl sites for hydroxylation is 1. The summed E-state index contributed by atoms with van der Waals surface area (Å²) in [5, 5.41) is 14.6. The zero-order valence-electron chi connectivity index (χ0n) is 15.1. The van der Waals surface area contributed by atoms with E-state index in [2.05, 4.69) is 20.3 Å². The summed E-state index contributed by atoms with van der Waals surface area (Å²) in [6.07, 6.45) is 8.28. The van der Waals surface area contributed by atoms with Crippen LogP contribution >= 0.6 is 0 Å². The zero-order chi connectivity index (χ0) is 18.1. The zero-order valence-corrected chi connectivity index (χ0v) is 15.1. The van der Waals surface area contributed by atoms with Gasteiger partial charge in [0.25, 0.3) is 0 Å². The molecule has 3 aromatic heterocycles. The van der Waals surface area contributed by atoms with Crippen molar-refractivity contribution in [2.75, 3.05) is 12.4 Å². The van der Waals surface area contributed by atoms with Crippen LogP contribution in [0.1, 0.15) is 43.0 Å². The summed E-state index contributed by atoms with van der Waals surface area (Å²) in [4.78, 5) is 13.1. The van der Waals surface area contributed by atoms with Gasteiger partial charge in [-0.2, -0.15) is 0 Å². The number of methoxy groups -OCH3 is 1. The van der Waals surface area contributed by atoms with E-state index in [0.717, 1.165) is 35.0 Å². The number of pyridine rings is 1. The second kappa shape index (κ2) is 6.82. The number of anilines is 1. The lowest BCUT2D eigenvalue weighted by Gasteiger charge is -2.12. The van der Waals surface area contributed by atoms with E-state index >= 15 is 0 Å². The number of ether oxygens (including phenoxy) is 1. The van der Waals surface area contributed by atoms with Crippen molar-refractivity contribution in [2.24, 2.45) is 0 Å². The van der Waals surface area contributed by atoms with Gasteiger partial charge in [0.2, 0.25) is 17.7 Å². The van der Waals surface area contributed by atoms with Crippen LogP contribution in [0, 0.1) is 6.92 Å². The summed E-state index contributed by atoms with van der Waals surface area (Å²) in [6, 6.07) is 4.14. The molecule has 0 aliphatic heterocycles. The Morgan fingerprint density at radius 3 is 2.85 bits per heavy atom. The van der Waals surface area contributed by atoms with Crippen LogP contribution in [0.15, 0.2) is 24.5 Å². The molecule has 0 aromatic carbocycles. The van der Waals surface area contributed by atoms with Crippen molar-refractivity contribution >= 4 is 16.9 Å². The summed E-state index contributed by atoms with van der Waals surface area (Å²) in [7, 11) is 1.61. The Bertz CT molecular complexity index is 931. The molecule has 1 aliphatic rings. The van der Waals surface area contributed by atoms with Gasteiger partial charge in [0, 0.05) is 36.2 Å². The van der Waals surface area contributed by atoms with Crippen molar-refractivity contribution in [1.29, 1.82) is 0 Å². The molecule has 0 amide bonds. The van der Waals surface area contributed by atoms with Gasteiger partial charge in [-0.15, -0.1) is 0 Å². The van der Waals surface area contributed by atoms with E-state index in [1.54, 1.807) is 13.3 Å². The van der Waals surface area contributed by atoms with Gasteiger partial charge in [-0.1, -0.05) is 12.8 Å². The van der Waals surface area contributed by atoms with Crippen LogP contribution in [0.3, 0.4) is 0 Å². The highest BCUT2D eigenvalue weighted by molar-refractivity contribution is 5.86. The molecule has 136 valence electrons. The first-order valence-corrected chi connectivity index (χ1v) is 8.96. The smallest absolute Gasteiger partial charge is 0.223 e. The van der Waals surface area contributed by atoms with Crippen LogP contribution in [0.2, 0.25) is 0 Å². The standard InChI is InChI=1S/C19H23N5O2/c1-12-7-8-20-19(22-12)21-10-13-9-15-16(23-17(13)26-2)11-24(18(15)25)14-5-3-4-6-14/h7-9,11,14,25H,3-6,10H2,1-2H3,(H,20,21,22). The van der Waals surface area contributed by atoms with E-state index in [-0.39, 0.29) is 5.88 Å². The molecular weight excluding hydrogens is 330 g/mol. The Balaban J connectivity index is 1.66. The van der Waals surface area contributed by atoms with Gasteiger partial charge in [-0.05, 0) is 31.9 Å². The van der Waals surface area contributed by atoms with Gasteiger partial charge >= 0.3 is 0 Å². The van der Waals surface area contributed by atoms with Crippen molar-refractivity contribution < 1.29 is 9.84 Å². The van der Waals surface area contributed by atoms with Crippen LogP contribution < -0.4 is 10.1 Å². The van der Waals surface area contributed by atoms with E-state index in [9.17, 15) is 5.11 Å². The third kappa shape index (κ3) is 3.05. The maximum absolute atomic E-state index is 10.7. The van der Waals surface area contributed by atoms with Crippen LogP contribution in [0.5, 0.6) is 11.8 Å². The fraction of sp³-hybridized carbons (Fsp3) is 0.421.